The molecule has 3 heterocycles. The zero-order valence-electron chi connectivity index (χ0n) is 26.9. The van der Waals surface area contributed by atoms with E-state index in [1.807, 2.05) is 72.0 Å². The maximum atomic E-state index is 4.98. The molecule has 0 atom stereocenters. The van der Waals surface area contributed by atoms with Crippen LogP contribution in [-0.2, 0) is 0 Å². The van der Waals surface area contributed by atoms with Gasteiger partial charge in [-0.2, -0.15) is 0 Å². The van der Waals surface area contributed by atoms with E-state index in [2.05, 4.69) is 114 Å². The number of hydrogen-bond donors (Lipinski definition) is 0. The van der Waals surface area contributed by atoms with Crippen LogP contribution in [-0.4, -0.2) is 19.5 Å². The van der Waals surface area contributed by atoms with Crippen LogP contribution in [0.25, 0.3) is 93.0 Å². The highest BCUT2D eigenvalue weighted by Gasteiger charge is 2.17. The Balaban J connectivity index is 1.12. The lowest BCUT2D eigenvalue weighted by molar-refractivity contribution is 1.07. The van der Waals surface area contributed by atoms with Crippen LogP contribution in [0.3, 0.4) is 0 Å². The van der Waals surface area contributed by atoms with Gasteiger partial charge in [0.05, 0.1) is 11.0 Å². The maximum Gasteiger partial charge on any atom is 0.164 e. The Hall–Kier alpha value is -6.43. The molecule has 0 radical (unpaired) electrons. The second-order valence-corrected chi connectivity index (χ2v) is 13.6. The molecule has 0 fully saturated rings. The van der Waals surface area contributed by atoms with Crippen molar-refractivity contribution in [2.24, 2.45) is 0 Å². The summed E-state index contributed by atoms with van der Waals surface area (Å²) in [5.41, 5.74) is 8.59. The highest BCUT2D eigenvalue weighted by molar-refractivity contribution is 7.25. The van der Waals surface area contributed by atoms with Crippen LogP contribution in [0.4, 0.5) is 0 Å². The van der Waals surface area contributed by atoms with Gasteiger partial charge in [-0.25, -0.2) is 15.0 Å². The van der Waals surface area contributed by atoms with E-state index in [-0.39, 0.29) is 0 Å². The normalized spacial score (nSPS) is 11.6. The van der Waals surface area contributed by atoms with E-state index in [9.17, 15) is 0 Å². The van der Waals surface area contributed by atoms with Gasteiger partial charge in [-0.15, -0.1) is 11.3 Å². The van der Waals surface area contributed by atoms with Gasteiger partial charge in [0, 0.05) is 53.3 Å². The molecule has 0 aliphatic rings. The molecule has 0 aliphatic carbocycles. The van der Waals surface area contributed by atoms with Crippen molar-refractivity contribution in [3.8, 4) is 51.0 Å². The van der Waals surface area contributed by atoms with Crippen LogP contribution in [0.15, 0.2) is 170 Å². The lowest BCUT2D eigenvalue weighted by atomic mass is 10.0. The van der Waals surface area contributed by atoms with E-state index in [4.69, 9.17) is 15.0 Å². The standard InChI is InChI=1S/C45H28N4S/c1-3-13-29(14-4-1)43-46-44(30-15-5-2-6-16-30)48-45(47-43)33-19-11-17-31(25-33)32-18-12-20-34(26-32)49-39-23-9-7-21-35(39)37-28-42-38(27-40(37)49)36-22-8-10-24-41(36)50-42/h1-28H. The number of benzene rings is 7. The van der Waals surface area contributed by atoms with Crippen molar-refractivity contribution in [3.05, 3.63) is 170 Å². The van der Waals surface area contributed by atoms with Crippen LogP contribution >= 0.6 is 11.3 Å². The Morgan fingerprint density at radius 2 is 0.900 bits per heavy atom. The fraction of sp³-hybridized carbons (Fsp3) is 0. The van der Waals surface area contributed by atoms with E-state index >= 15 is 0 Å². The van der Waals surface area contributed by atoms with Gasteiger partial charge in [-0.1, -0.05) is 127 Å². The van der Waals surface area contributed by atoms with Gasteiger partial charge in [0.1, 0.15) is 0 Å². The molecule has 10 aromatic rings. The second kappa shape index (κ2) is 11.6. The van der Waals surface area contributed by atoms with Crippen molar-refractivity contribution >= 4 is 53.3 Å². The summed E-state index contributed by atoms with van der Waals surface area (Å²) in [4.78, 5) is 14.8. The van der Waals surface area contributed by atoms with Crippen molar-refractivity contribution in [1.29, 1.82) is 0 Å². The van der Waals surface area contributed by atoms with Gasteiger partial charge in [-0.05, 0) is 53.6 Å². The number of rotatable bonds is 5. The fourth-order valence-corrected chi connectivity index (χ4v) is 8.19. The average molecular weight is 657 g/mol. The molecule has 234 valence electrons. The Bertz CT molecular complexity index is 2810. The minimum absolute atomic E-state index is 0.644. The minimum atomic E-state index is 0.644. The van der Waals surface area contributed by atoms with Gasteiger partial charge in [0.15, 0.2) is 17.5 Å². The predicted molar refractivity (Wildman–Crippen MR) is 209 cm³/mol. The summed E-state index contributed by atoms with van der Waals surface area (Å²) in [7, 11) is 0. The molecule has 0 spiro atoms. The van der Waals surface area contributed by atoms with Gasteiger partial charge >= 0.3 is 0 Å². The third kappa shape index (κ3) is 4.79. The molecule has 10 rings (SSSR count). The molecule has 50 heavy (non-hydrogen) atoms. The summed E-state index contributed by atoms with van der Waals surface area (Å²) in [5, 5.41) is 5.13. The quantitative estimate of drug-likeness (QED) is 0.185. The van der Waals surface area contributed by atoms with Gasteiger partial charge < -0.3 is 4.57 Å². The Kier molecular flexibility index (Phi) is 6.64. The Labute approximate surface area is 292 Å². The molecule has 0 saturated heterocycles. The van der Waals surface area contributed by atoms with E-state index in [0.29, 0.717) is 17.5 Å². The van der Waals surface area contributed by atoms with Crippen molar-refractivity contribution in [2.75, 3.05) is 0 Å². The zero-order chi connectivity index (χ0) is 33.0. The average Bonchev–Trinajstić information content (AvgIpc) is 3.72. The summed E-state index contributed by atoms with van der Waals surface area (Å²) in [5.74, 6) is 1.95. The first-order chi connectivity index (χ1) is 24.8. The summed E-state index contributed by atoms with van der Waals surface area (Å²) in [6, 6.07) is 59.7. The molecule has 0 aliphatic heterocycles. The lowest BCUT2D eigenvalue weighted by Gasteiger charge is -2.12. The van der Waals surface area contributed by atoms with Crippen LogP contribution in [0.1, 0.15) is 0 Å². The smallest absolute Gasteiger partial charge is 0.164 e. The molecule has 3 aromatic heterocycles. The van der Waals surface area contributed by atoms with Crippen molar-refractivity contribution in [3.63, 3.8) is 0 Å². The fourth-order valence-electron chi connectivity index (χ4n) is 7.07. The predicted octanol–water partition coefficient (Wildman–Crippen LogP) is 12.0. The first kappa shape index (κ1) is 28.6. The van der Waals surface area contributed by atoms with Crippen molar-refractivity contribution in [2.45, 2.75) is 0 Å². The lowest BCUT2D eigenvalue weighted by Crippen LogP contribution is -2.00. The van der Waals surface area contributed by atoms with E-state index in [1.54, 1.807) is 0 Å². The second-order valence-electron chi connectivity index (χ2n) is 12.5. The molecule has 0 unspecified atom stereocenters. The van der Waals surface area contributed by atoms with E-state index in [0.717, 1.165) is 33.5 Å². The molecule has 0 amide bonds. The largest absolute Gasteiger partial charge is 0.309 e. The molecule has 7 aromatic carbocycles. The van der Waals surface area contributed by atoms with Crippen LogP contribution in [0.5, 0.6) is 0 Å². The highest BCUT2D eigenvalue weighted by Crippen LogP contribution is 2.41. The van der Waals surface area contributed by atoms with Crippen LogP contribution < -0.4 is 0 Å². The number of hydrogen-bond acceptors (Lipinski definition) is 4. The SMILES string of the molecule is c1ccc(-c2nc(-c3ccccc3)nc(-c3cccc(-c4cccc(-n5c6ccccc6c6cc7sc8ccccc8c7cc65)c4)c3)n2)cc1. The van der Waals surface area contributed by atoms with Crippen LogP contribution in [0.2, 0.25) is 0 Å². The Morgan fingerprint density at radius 3 is 1.64 bits per heavy atom. The Morgan fingerprint density at radius 1 is 0.340 bits per heavy atom. The highest BCUT2D eigenvalue weighted by atomic mass is 32.1. The van der Waals surface area contributed by atoms with Gasteiger partial charge in [0.2, 0.25) is 0 Å². The first-order valence-corrected chi connectivity index (χ1v) is 17.5. The minimum Gasteiger partial charge on any atom is -0.309 e. The molecule has 4 nitrogen and oxygen atoms in total. The number of thiophene rings is 1. The summed E-state index contributed by atoms with van der Waals surface area (Å²) in [6.45, 7) is 0. The third-order valence-corrected chi connectivity index (χ3v) is 10.6. The van der Waals surface area contributed by atoms with Gasteiger partial charge in [0.25, 0.3) is 0 Å². The van der Waals surface area contributed by atoms with E-state index in [1.165, 1.54) is 42.0 Å². The van der Waals surface area contributed by atoms with Crippen LogP contribution in [0, 0.1) is 0 Å². The van der Waals surface area contributed by atoms with E-state index < -0.39 is 0 Å². The maximum absolute atomic E-state index is 4.98. The molecule has 5 heteroatoms. The molecule has 0 N–H and O–H groups in total. The number of aromatic nitrogens is 4. The topological polar surface area (TPSA) is 43.6 Å². The number of nitrogens with zero attached hydrogens (tertiary/aromatic N) is 4. The van der Waals surface area contributed by atoms with Crippen molar-refractivity contribution < 1.29 is 0 Å². The summed E-state index contributed by atoms with van der Waals surface area (Å²) < 4.78 is 5.04. The van der Waals surface area contributed by atoms with Crippen molar-refractivity contribution in [1.82, 2.24) is 19.5 Å². The van der Waals surface area contributed by atoms with Gasteiger partial charge in [-0.3, -0.25) is 0 Å². The molecular weight excluding hydrogens is 629 g/mol. The zero-order valence-corrected chi connectivity index (χ0v) is 27.7. The number of fused-ring (bicyclic) bond motifs is 6. The third-order valence-electron chi connectivity index (χ3n) is 9.43. The molecule has 0 saturated carbocycles. The molecular formula is C45H28N4S. The molecule has 0 bridgehead atoms. The summed E-state index contributed by atoms with van der Waals surface area (Å²) >= 11 is 1.86. The monoisotopic (exact) mass is 656 g/mol. The summed E-state index contributed by atoms with van der Waals surface area (Å²) in [6.07, 6.45) is 0. The first-order valence-electron chi connectivity index (χ1n) is 16.7. The number of para-hydroxylation sites is 1.